The molecule has 2 rings (SSSR count). The maximum atomic E-state index is 9.14. The molecule has 0 fully saturated rings. The summed E-state index contributed by atoms with van der Waals surface area (Å²) in [6, 6.07) is 7.63. The lowest BCUT2D eigenvalue weighted by Gasteiger charge is -2.22. The number of anilines is 1. The third kappa shape index (κ3) is 1.85. The van der Waals surface area contributed by atoms with Crippen molar-refractivity contribution < 1.29 is 5.11 Å². The van der Waals surface area contributed by atoms with Crippen molar-refractivity contribution in [1.29, 1.82) is 0 Å². The largest absolute Gasteiger partial charge is 0.390 e. The molecule has 2 aromatic heterocycles. The Bertz CT molecular complexity index is 424. The lowest BCUT2D eigenvalue weighted by Crippen LogP contribution is -2.25. The first-order chi connectivity index (χ1) is 7.33. The van der Waals surface area contributed by atoms with Crippen LogP contribution in [-0.4, -0.2) is 21.8 Å². The number of rotatable bonds is 3. The van der Waals surface area contributed by atoms with E-state index < -0.39 is 0 Å². The number of aromatic nitrogens is 2. The van der Waals surface area contributed by atoms with Gasteiger partial charge in [-0.05, 0) is 24.3 Å². The second-order valence-corrected chi connectivity index (χ2v) is 3.23. The molecule has 0 unspecified atom stereocenters. The van der Waals surface area contributed by atoms with Gasteiger partial charge in [0, 0.05) is 25.6 Å². The maximum Gasteiger partial charge on any atom is 0.0852 e. The summed E-state index contributed by atoms with van der Waals surface area (Å²) < 4.78 is 1.90. The summed E-state index contributed by atoms with van der Waals surface area (Å²) >= 11 is 0. The Hall–Kier alpha value is -1.81. The van der Waals surface area contributed by atoms with Crippen molar-refractivity contribution in [3.05, 3.63) is 48.5 Å². The quantitative estimate of drug-likeness (QED) is 0.816. The summed E-state index contributed by atoms with van der Waals surface area (Å²) in [5.74, 6) is 0. The van der Waals surface area contributed by atoms with E-state index in [1.54, 1.807) is 12.4 Å². The SMILES string of the molecule is CN(c1ccncc1)n1cccc1CO. The van der Waals surface area contributed by atoms with E-state index in [-0.39, 0.29) is 6.61 Å². The minimum absolute atomic E-state index is 0.0302. The van der Waals surface area contributed by atoms with Crippen LogP contribution in [0.15, 0.2) is 42.9 Å². The first-order valence-corrected chi connectivity index (χ1v) is 4.74. The number of nitrogens with zero attached hydrogens (tertiary/aromatic N) is 3. The number of aliphatic hydroxyl groups is 1. The Morgan fingerprint density at radius 2 is 2.07 bits per heavy atom. The highest BCUT2D eigenvalue weighted by Crippen LogP contribution is 2.13. The molecule has 4 nitrogen and oxygen atoms in total. The molecule has 78 valence electrons. The molecule has 0 aromatic carbocycles. The molecule has 0 spiro atoms. The monoisotopic (exact) mass is 203 g/mol. The summed E-state index contributed by atoms with van der Waals surface area (Å²) in [4.78, 5) is 3.97. The van der Waals surface area contributed by atoms with Gasteiger partial charge in [0.05, 0.1) is 18.0 Å². The van der Waals surface area contributed by atoms with Gasteiger partial charge in [-0.15, -0.1) is 0 Å². The van der Waals surface area contributed by atoms with E-state index in [0.29, 0.717) is 0 Å². The van der Waals surface area contributed by atoms with Crippen LogP contribution in [0.25, 0.3) is 0 Å². The van der Waals surface area contributed by atoms with Crippen LogP contribution >= 0.6 is 0 Å². The van der Waals surface area contributed by atoms with Gasteiger partial charge in [0.2, 0.25) is 0 Å². The molecule has 0 radical (unpaired) electrons. The van der Waals surface area contributed by atoms with E-state index in [9.17, 15) is 0 Å². The number of aliphatic hydroxyl groups excluding tert-OH is 1. The van der Waals surface area contributed by atoms with E-state index in [1.807, 2.05) is 47.2 Å². The van der Waals surface area contributed by atoms with Gasteiger partial charge in [0.25, 0.3) is 0 Å². The third-order valence-corrected chi connectivity index (χ3v) is 2.33. The fourth-order valence-corrected chi connectivity index (χ4v) is 1.51. The fourth-order valence-electron chi connectivity index (χ4n) is 1.51. The van der Waals surface area contributed by atoms with Crippen LogP contribution < -0.4 is 5.01 Å². The molecule has 0 bridgehead atoms. The average molecular weight is 203 g/mol. The van der Waals surface area contributed by atoms with Crippen molar-refractivity contribution in [2.24, 2.45) is 0 Å². The molecule has 0 atom stereocenters. The van der Waals surface area contributed by atoms with E-state index in [0.717, 1.165) is 11.4 Å². The predicted molar refractivity (Wildman–Crippen MR) is 58.4 cm³/mol. The minimum Gasteiger partial charge on any atom is -0.390 e. The summed E-state index contributed by atoms with van der Waals surface area (Å²) in [6.45, 7) is 0.0302. The molecule has 1 N–H and O–H groups in total. The van der Waals surface area contributed by atoms with E-state index in [1.165, 1.54) is 0 Å². The van der Waals surface area contributed by atoms with Gasteiger partial charge in [0.1, 0.15) is 0 Å². The van der Waals surface area contributed by atoms with Crippen LogP contribution in [0.1, 0.15) is 5.69 Å². The fraction of sp³-hybridized carbons (Fsp3) is 0.182. The van der Waals surface area contributed by atoms with Crippen LogP contribution in [0.3, 0.4) is 0 Å². The molecule has 0 saturated carbocycles. The van der Waals surface area contributed by atoms with Gasteiger partial charge in [-0.3, -0.25) is 14.7 Å². The van der Waals surface area contributed by atoms with Crippen molar-refractivity contribution in [3.63, 3.8) is 0 Å². The van der Waals surface area contributed by atoms with Gasteiger partial charge in [-0.25, -0.2) is 0 Å². The number of pyridine rings is 1. The lowest BCUT2D eigenvalue weighted by molar-refractivity contribution is 0.271. The van der Waals surface area contributed by atoms with Crippen molar-refractivity contribution in [2.45, 2.75) is 6.61 Å². The zero-order chi connectivity index (χ0) is 10.7. The molecule has 0 aliphatic carbocycles. The van der Waals surface area contributed by atoms with Crippen molar-refractivity contribution in [1.82, 2.24) is 9.66 Å². The molecule has 0 amide bonds. The van der Waals surface area contributed by atoms with Crippen molar-refractivity contribution in [3.8, 4) is 0 Å². The molecular formula is C11H13N3O. The Morgan fingerprint density at radius 3 is 2.73 bits per heavy atom. The lowest BCUT2D eigenvalue weighted by atomic mass is 10.4. The normalized spacial score (nSPS) is 10.3. The van der Waals surface area contributed by atoms with Gasteiger partial charge in [0.15, 0.2) is 0 Å². The van der Waals surface area contributed by atoms with E-state index in [4.69, 9.17) is 5.11 Å². The Balaban J connectivity index is 2.32. The molecule has 2 aromatic rings. The molecular weight excluding hydrogens is 190 g/mol. The highest BCUT2D eigenvalue weighted by Gasteiger charge is 2.05. The average Bonchev–Trinajstić information content (AvgIpc) is 2.77. The number of hydrogen-bond acceptors (Lipinski definition) is 3. The number of hydrogen-bond donors (Lipinski definition) is 1. The first-order valence-electron chi connectivity index (χ1n) is 4.74. The molecule has 0 saturated heterocycles. The van der Waals surface area contributed by atoms with Crippen LogP contribution in [0.4, 0.5) is 5.69 Å². The summed E-state index contributed by atoms with van der Waals surface area (Å²) in [5, 5.41) is 11.1. The van der Waals surface area contributed by atoms with Crippen molar-refractivity contribution in [2.75, 3.05) is 12.1 Å². The van der Waals surface area contributed by atoms with E-state index >= 15 is 0 Å². The Labute approximate surface area is 88.4 Å². The van der Waals surface area contributed by atoms with Crippen LogP contribution in [-0.2, 0) is 6.61 Å². The molecule has 0 aliphatic rings. The molecule has 2 heterocycles. The van der Waals surface area contributed by atoms with Gasteiger partial charge < -0.3 is 5.11 Å². The van der Waals surface area contributed by atoms with Crippen LogP contribution in [0, 0.1) is 0 Å². The second kappa shape index (κ2) is 4.14. The smallest absolute Gasteiger partial charge is 0.0852 e. The third-order valence-electron chi connectivity index (χ3n) is 2.33. The standard InChI is InChI=1S/C11H13N3O/c1-13(10-4-6-12-7-5-10)14-8-2-3-11(14)9-15/h2-8,15H,9H2,1H3. The highest BCUT2D eigenvalue weighted by molar-refractivity contribution is 5.43. The first kappa shape index (κ1) is 9.73. The second-order valence-electron chi connectivity index (χ2n) is 3.23. The minimum atomic E-state index is 0.0302. The molecule has 0 aliphatic heterocycles. The molecule has 4 heteroatoms. The van der Waals surface area contributed by atoms with Gasteiger partial charge in [-0.2, -0.15) is 0 Å². The molecule has 15 heavy (non-hydrogen) atoms. The summed E-state index contributed by atoms with van der Waals surface area (Å²) in [6.07, 6.45) is 5.40. The van der Waals surface area contributed by atoms with Crippen molar-refractivity contribution >= 4 is 5.69 Å². The maximum absolute atomic E-state index is 9.14. The van der Waals surface area contributed by atoms with Crippen LogP contribution in [0.5, 0.6) is 0 Å². The Kier molecular flexibility index (Phi) is 2.69. The van der Waals surface area contributed by atoms with Crippen LogP contribution in [0.2, 0.25) is 0 Å². The van der Waals surface area contributed by atoms with Gasteiger partial charge in [-0.1, -0.05) is 0 Å². The topological polar surface area (TPSA) is 41.3 Å². The summed E-state index contributed by atoms with van der Waals surface area (Å²) in [5.41, 5.74) is 1.88. The van der Waals surface area contributed by atoms with E-state index in [2.05, 4.69) is 4.98 Å². The van der Waals surface area contributed by atoms with Gasteiger partial charge >= 0.3 is 0 Å². The zero-order valence-electron chi connectivity index (χ0n) is 8.54. The highest BCUT2D eigenvalue weighted by atomic mass is 16.3. The summed E-state index contributed by atoms with van der Waals surface area (Å²) in [7, 11) is 1.94. The Morgan fingerprint density at radius 1 is 1.33 bits per heavy atom. The predicted octanol–water partition coefficient (Wildman–Crippen LogP) is 1.27. The zero-order valence-corrected chi connectivity index (χ0v) is 8.54.